The van der Waals surface area contributed by atoms with Gasteiger partial charge in [-0.1, -0.05) is 60.7 Å². The Morgan fingerprint density at radius 1 is 0.955 bits per heavy atom. The molecule has 0 aliphatic heterocycles. The third-order valence-corrected chi connectivity index (χ3v) is 4.34. The second kappa shape index (κ2) is 7.36. The lowest BCUT2D eigenvalue weighted by Gasteiger charge is -2.20. The molecule has 0 saturated carbocycles. The van der Waals surface area contributed by atoms with Crippen molar-refractivity contribution in [3.8, 4) is 0 Å². The van der Waals surface area contributed by atoms with E-state index in [1.807, 2.05) is 24.3 Å². The molecule has 5 nitrogen and oxygen atoms in total. The zero-order chi connectivity index (χ0) is 16.0. The molecule has 0 heterocycles. The standard InChI is InChI=1S/C16H18NO4P/c18-15(11-13-7-3-1-4-8-13)17-16(22(19,20)21)12-14-9-5-2-6-10-14/h1-10,16H,11-12H2,(H,17,18)(H2,19,20,21). The molecule has 6 heteroatoms. The summed E-state index contributed by atoms with van der Waals surface area (Å²) in [5.74, 6) is -1.62. The van der Waals surface area contributed by atoms with Gasteiger partial charge in [-0.05, 0) is 11.1 Å². The Morgan fingerprint density at radius 3 is 1.95 bits per heavy atom. The van der Waals surface area contributed by atoms with Gasteiger partial charge in [-0.2, -0.15) is 0 Å². The highest BCUT2D eigenvalue weighted by atomic mass is 31.2. The quantitative estimate of drug-likeness (QED) is 0.712. The first kappa shape index (κ1) is 16.4. The number of hydrogen-bond acceptors (Lipinski definition) is 2. The molecule has 0 aliphatic carbocycles. The van der Waals surface area contributed by atoms with E-state index in [0.29, 0.717) is 0 Å². The average molecular weight is 319 g/mol. The summed E-state index contributed by atoms with van der Waals surface area (Å²) >= 11 is 0. The zero-order valence-corrected chi connectivity index (χ0v) is 12.8. The van der Waals surface area contributed by atoms with Gasteiger partial charge in [0.25, 0.3) is 0 Å². The molecule has 2 aromatic carbocycles. The number of hydrogen-bond donors (Lipinski definition) is 3. The van der Waals surface area contributed by atoms with Gasteiger partial charge in [0.15, 0.2) is 0 Å². The molecule has 0 aliphatic rings. The first-order chi connectivity index (χ1) is 10.4. The van der Waals surface area contributed by atoms with Crippen LogP contribution in [0.15, 0.2) is 60.7 Å². The van der Waals surface area contributed by atoms with Crippen LogP contribution in [-0.4, -0.2) is 21.5 Å². The van der Waals surface area contributed by atoms with Gasteiger partial charge >= 0.3 is 7.60 Å². The van der Waals surface area contributed by atoms with Gasteiger partial charge in [0.05, 0.1) is 6.42 Å². The third-order valence-electron chi connectivity index (χ3n) is 3.21. The van der Waals surface area contributed by atoms with Crippen molar-refractivity contribution >= 4 is 13.5 Å². The molecule has 116 valence electrons. The number of amides is 1. The highest BCUT2D eigenvalue weighted by Gasteiger charge is 2.30. The lowest BCUT2D eigenvalue weighted by Crippen LogP contribution is -2.37. The molecular formula is C16H18NO4P. The van der Waals surface area contributed by atoms with Crippen LogP contribution in [0, 0.1) is 0 Å². The first-order valence-corrected chi connectivity index (χ1v) is 8.56. The van der Waals surface area contributed by atoms with Gasteiger partial charge in [-0.25, -0.2) is 0 Å². The number of rotatable bonds is 6. The minimum absolute atomic E-state index is 0.0889. The van der Waals surface area contributed by atoms with Crippen molar-refractivity contribution < 1.29 is 19.1 Å². The Hall–Kier alpha value is -1.94. The maximum absolute atomic E-state index is 12.0. The van der Waals surface area contributed by atoms with Crippen molar-refractivity contribution in [3.63, 3.8) is 0 Å². The Balaban J connectivity index is 2.04. The Kier molecular flexibility index (Phi) is 5.50. The summed E-state index contributed by atoms with van der Waals surface area (Å²) in [5.41, 5.74) is 1.56. The monoisotopic (exact) mass is 319 g/mol. The van der Waals surface area contributed by atoms with Crippen LogP contribution < -0.4 is 5.32 Å². The van der Waals surface area contributed by atoms with Crippen molar-refractivity contribution in [2.45, 2.75) is 18.6 Å². The molecule has 0 aromatic heterocycles. The molecule has 0 fully saturated rings. The predicted octanol–water partition coefficient (Wildman–Crippen LogP) is 2.09. The van der Waals surface area contributed by atoms with Gasteiger partial charge in [-0.15, -0.1) is 0 Å². The normalized spacial score (nSPS) is 12.6. The van der Waals surface area contributed by atoms with E-state index in [0.717, 1.165) is 11.1 Å². The molecule has 3 N–H and O–H groups in total. The summed E-state index contributed by atoms with van der Waals surface area (Å²) in [6.45, 7) is 0. The predicted molar refractivity (Wildman–Crippen MR) is 84.3 cm³/mol. The van der Waals surface area contributed by atoms with Crippen molar-refractivity contribution in [1.82, 2.24) is 5.32 Å². The molecule has 0 bridgehead atoms. The van der Waals surface area contributed by atoms with Crippen molar-refractivity contribution in [2.75, 3.05) is 0 Å². The van der Waals surface area contributed by atoms with Crippen LogP contribution >= 0.6 is 7.60 Å². The second-order valence-corrected chi connectivity index (χ2v) is 6.83. The van der Waals surface area contributed by atoms with E-state index in [4.69, 9.17) is 0 Å². The minimum atomic E-state index is -4.43. The minimum Gasteiger partial charge on any atom is -0.341 e. The lowest BCUT2D eigenvalue weighted by atomic mass is 10.1. The Bertz CT molecular complexity index is 654. The highest BCUT2D eigenvalue weighted by Crippen LogP contribution is 2.41. The molecule has 22 heavy (non-hydrogen) atoms. The van der Waals surface area contributed by atoms with E-state index in [1.165, 1.54) is 0 Å². The van der Waals surface area contributed by atoms with E-state index in [1.54, 1.807) is 36.4 Å². The number of benzene rings is 2. The van der Waals surface area contributed by atoms with Crippen LogP contribution in [0.25, 0.3) is 0 Å². The SMILES string of the molecule is O=C(Cc1ccccc1)NC(Cc1ccccc1)P(=O)(O)O. The van der Waals surface area contributed by atoms with Gasteiger partial charge in [0.1, 0.15) is 5.78 Å². The average Bonchev–Trinajstić information content (AvgIpc) is 2.48. The van der Waals surface area contributed by atoms with E-state index in [2.05, 4.69) is 5.32 Å². The number of nitrogens with one attached hydrogen (secondary N) is 1. The molecule has 1 unspecified atom stereocenters. The molecule has 2 rings (SSSR count). The van der Waals surface area contributed by atoms with Crippen LogP contribution in [0.1, 0.15) is 11.1 Å². The topological polar surface area (TPSA) is 86.6 Å². The van der Waals surface area contributed by atoms with E-state index >= 15 is 0 Å². The lowest BCUT2D eigenvalue weighted by molar-refractivity contribution is -0.120. The molecule has 0 radical (unpaired) electrons. The summed E-state index contributed by atoms with van der Waals surface area (Å²) < 4.78 is 11.6. The highest BCUT2D eigenvalue weighted by molar-refractivity contribution is 7.52. The summed E-state index contributed by atoms with van der Waals surface area (Å²) in [4.78, 5) is 30.9. The molecule has 0 saturated heterocycles. The summed E-state index contributed by atoms with van der Waals surface area (Å²) in [6, 6.07) is 18.0. The fraction of sp³-hybridized carbons (Fsp3) is 0.188. The van der Waals surface area contributed by atoms with Crippen LogP contribution in [-0.2, 0) is 22.2 Å². The maximum atomic E-state index is 12.0. The van der Waals surface area contributed by atoms with Gasteiger partial charge in [-0.3, -0.25) is 9.36 Å². The Labute approximate surface area is 129 Å². The fourth-order valence-corrected chi connectivity index (χ4v) is 2.87. The van der Waals surface area contributed by atoms with Crippen molar-refractivity contribution in [2.24, 2.45) is 0 Å². The van der Waals surface area contributed by atoms with E-state index in [9.17, 15) is 19.1 Å². The van der Waals surface area contributed by atoms with Crippen LogP contribution in [0.3, 0.4) is 0 Å². The summed E-state index contributed by atoms with van der Waals surface area (Å²) in [5, 5.41) is 2.45. The molecular weight excluding hydrogens is 301 g/mol. The van der Waals surface area contributed by atoms with Crippen molar-refractivity contribution in [3.05, 3.63) is 71.8 Å². The van der Waals surface area contributed by atoms with Crippen LogP contribution in [0.5, 0.6) is 0 Å². The second-order valence-electron chi connectivity index (χ2n) is 5.02. The van der Waals surface area contributed by atoms with Crippen LogP contribution in [0.2, 0.25) is 0 Å². The largest absolute Gasteiger partial charge is 0.347 e. The summed E-state index contributed by atoms with van der Waals surface area (Å²) in [6.07, 6.45) is 0.178. The molecule has 1 amide bonds. The van der Waals surface area contributed by atoms with E-state index < -0.39 is 19.3 Å². The first-order valence-electron chi connectivity index (χ1n) is 6.87. The number of carbonyl (C=O) groups excluding carboxylic acids is 1. The zero-order valence-electron chi connectivity index (χ0n) is 11.9. The number of carbonyl (C=O) groups is 1. The molecule has 1 atom stereocenters. The third kappa shape index (κ3) is 5.11. The van der Waals surface area contributed by atoms with E-state index in [-0.39, 0.29) is 12.8 Å². The van der Waals surface area contributed by atoms with Gasteiger partial charge in [0.2, 0.25) is 5.91 Å². The van der Waals surface area contributed by atoms with Crippen molar-refractivity contribution in [1.29, 1.82) is 0 Å². The van der Waals surface area contributed by atoms with Crippen LogP contribution in [0.4, 0.5) is 0 Å². The molecule has 0 spiro atoms. The molecule has 2 aromatic rings. The smallest absolute Gasteiger partial charge is 0.341 e. The summed E-state index contributed by atoms with van der Waals surface area (Å²) in [7, 11) is -4.43. The van der Waals surface area contributed by atoms with Gasteiger partial charge < -0.3 is 15.1 Å². The Morgan fingerprint density at radius 2 is 1.45 bits per heavy atom. The maximum Gasteiger partial charge on any atom is 0.347 e. The fourth-order valence-electron chi connectivity index (χ4n) is 2.11. The van der Waals surface area contributed by atoms with Gasteiger partial charge in [0, 0.05) is 6.42 Å².